The van der Waals surface area contributed by atoms with Crippen LogP contribution in [0.25, 0.3) is 11.0 Å². The van der Waals surface area contributed by atoms with E-state index in [-0.39, 0.29) is 18.2 Å². The number of aromatic nitrogens is 2. The summed E-state index contributed by atoms with van der Waals surface area (Å²) in [7, 11) is 0. The summed E-state index contributed by atoms with van der Waals surface area (Å²) in [6, 6.07) is 5.27. The number of rotatable bonds is 3. The van der Waals surface area contributed by atoms with Crippen molar-refractivity contribution in [3.63, 3.8) is 0 Å². The summed E-state index contributed by atoms with van der Waals surface area (Å²) in [4.78, 5) is 39.9. The van der Waals surface area contributed by atoms with E-state index < -0.39 is 11.9 Å². The van der Waals surface area contributed by atoms with Gasteiger partial charge in [-0.15, -0.1) is 0 Å². The molecule has 136 valence electrons. The van der Waals surface area contributed by atoms with Crippen LogP contribution in [0.1, 0.15) is 61.3 Å². The summed E-state index contributed by atoms with van der Waals surface area (Å²) in [5.74, 6) is -1.07. The van der Waals surface area contributed by atoms with E-state index in [1.165, 1.54) is 32.1 Å². The first-order valence-corrected chi connectivity index (χ1v) is 9.23. The Labute approximate surface area is 151 Å². The number of fused-ring (bicyclic) bond motifs is 1. The molecule has 2 heterocycles. The highest BCUT2D eigenvalue weighted by molar-refractivity contribution is 6.04. The summed E-state index contributed by atoms with van der Waals surface area (Å²) in [6.07, 6.45) is 8.56. The monoisotopic (exact) mass is 354 g/mol. The van der Waals surface area contributed by atoms with Crippen LogP contribution in [0.3, 0.4) is 0 Å². The summed E-state index contributed by atoms with van der Waals surface area (Å²) in [5, 5.41) is 4.95. The van der Waals surface area contributed by atoms with Gasteiger partial charge in [-0.05, 0) is 37.5 Å². The molecule has 0 spiro atoms. The number of hydrogen-bond donors (Lipinski definition) is 2. The number of nitrogens with one attached hydrogen (secondary N) is 2. The quantitative estimate of drug-likeness (QED) is 0.825. The maximum Gasteiger partial charge on any atom is 0.252 e. The van der Waals surface area contributed by atoms with Crippen LogP contribution in [0.5, 0.6) is 0 Å². The van der Waals surface area contributed by atoms with Gasteiger partial charge in [0.05, 0.1) is 17.4 Å². The largest absolute Gasteiger partial charge is 0.340 e. The van der Waals surface area contributed by atoms with Gasteiger partial charge in [-0.2, -0.15) is 0 Å². The predicted molar refractivity (Wildman–Crippen MR) is 95.5 cm³/mol. The average Bonchev–Trinajstić information content (AvgIpc) is 3.08. The number of carbonyl (C=O) groups excluding carboxylic acids is 3. The molecule has 1 saturated heterocycles. The van der Waals surface area contributed by atoms with Gasteiger partial charge in [-0.25, -0.2) is 4.98 Å². The molecule has 4 rings (SSSR count). The second-order valence-electron chi connectivity index (χ2n) is 7.12. The molecular formula is C19H22N4O3. The Morgan fingerprint density at radius 1 is 1.15 bits per heavy atom. The number of amides is 3. The first kappa shape index (κ1) is 16.8. The summed E-state index contributed by atoms with van der Waals surface area (Å²) >= 11 is 0. The van der Waals surface area contributed by atoms with Crippen molar-refractivity contribution in [2.75, 3.05) is 0 Å². The number of nitrogens with zero attached hydrogens (tertiary/aromatic N) is 2. The number of piperidine rings is 1. The first-order valence-electron chi connectivity index (χ1n) is 9.23. The van der Waals surface area contributed by atoms with Crippen molar-refractivity contribution in [2.24, 2.45) is 0 Å². The average molecular weight is 354 g/mol. The zero-order valence-corrected chi connectivity index (χ0v) is 14.5. The predicted octanol–water partition coefficient (Wildman–Crippen LogP) is 2.08. The number of carbonyl (C=O) groups is 3. The lowest BCUT2D eigenvalue weighted by Crippen LogP contribution is -2.52. The van der Waals surface area contributed by atoms with Crippen molar-refractivity contribution in [3.05, 3.63) is 30.1 Å². The van der Waals surface area contributed by atoms with Crippen LogP contribution in [0, 0.1) is 0 Å². The normalized spacial score (nSPS) is 21.6. The van der Waals surface area contributed by atoms with Crippen LogP contribution in [0.2, 0.25) is 0 Å². The van der Waals surface area contributed by atoms with Crippen LogP contribution >= 0.6 is 0 Å². The molecule has 1 aliphatic carbocycles. The van der Waals surface area contributed by atoms with E-state index >= 15 is 0 Å². The Morgan fingerprint density at radius 3 is 2.73 bits per heavy atom. The van der Waals surface area contributed by atoms with Gasteiger partial charge in [0, 0.05) is 18.0 Å². The minimum Gasteiger partial charge on any atom is -0.340 e. The lowest BCUT2D eigenvalue weighted by Gasteiger charge is -2.23. The third-order valence-electron chi connectivity index (χ3n) is 5.35. The summed E-state index contributed by atoms with van der Waals surface area (Å²) in [6.45, 7) is 0. The molecule has 2 fully saturated rings. The van der Waals surface area contributed by atoms with Crippen molar-refractivity contribution in [1.29, 1.82) is 0 Å². The highest BCUT2D eigenvalue weighted by atomic mass is 16.2. The first-order chi connectivity index (χ1) is 12.6. The minimum absolute atomic E-state index is 0.238. The van der Waals surface area contributed by atoms with Crippen LogP contribution in [-0.4, -0.2) is 33.3 Å². The zero-order chi connectivity index (χ0) is 18.1. The van der Waals surface area contributed by atoms with Crippen molar-refractivity contribution in [2.45, 2.75) is 57.0 Å². The van der Waals surface area contributed by atoms with Gasteiger partial charge in [0.1, 0.15) is 6.04 Å². The molecule has 1 unspecified atom stereocenters. The fraction of sp³-hybridized carbons (Fsp3) is 0.474. The molecule has 1 atom stereocenters. The summed E-state index contributed by atoms with van der Waals surface area (Å²) in [5.41, 5.74) is 2.29. The van der Waals surface area contributed by atoms with E-state index in [0.29, 0.717) is 18.0 Å². The number of hydrogen-bond acceptors (Lipinski definition) is 4. The molecule has 7 heteroatoms. The van der Waals surface area contributed by atoms with Gasteiger partial charge >= 0.3 is 0 Å². The Hall–Kier alpha value is -2.70. The third kappa shape index (κ3) is 3.21. The van der Waals surface area contributed by atoms with Crippen molar-refractivity contribution < 1.29 is 14.4 Å². The fourth-order valence-electron chi connectivity index (χ4n) is 3.90. The molecule has 26 heavy (non-hydrogen) atoms. The Bertz CT molecular complexity index is 867. The Balaban J connectivity index is 1.51. The van der Waals surface area contributed by atoms with E-state index in [4.69, 9.17) is 0 Å². The minimum atomic E-state index is -0.671. The van der Waals surface area contributed by atoms with E-state index in [1.807, 2.05) is 12.4 Å². The number of benzene rings is 1. The van der Waals surface area contributed by atoms with Gasteiger partial charge in [0.15, 0.2) is 0 Å². The molecule has 0 radical (unpaired) electrons. The second-order valence-corrected chi connectivity index (χ2v) is 7.12. The van der Waals surface area contributed by atoms with Gasteiger partial charge in [-0.1, -0.05) is 19.3 Å². The maximum absolute atomic E-state index is 12.5. The van der Waals surface area contributed by atoms with Gasteiger partial charge < -0.3 is 9.88 Å². The molecular weight excluding hydrogens is 332 g/mol. The Morgan fingerprint density at radius 2 is 1.96 bits per heavy atom. The molecule has 2 aromatic rings. The van der Waals surface area contributed by atoms with E-state index in [2.05, 4.69) is 20.2 Å². The molecule has 3 amide bonds. The summed E-state index contributed by atoms with van der Waals surface area (Å²) < 4.78 is 2.22. The Kier molecular flexibility index (Phi) is 4.44. The standard InChI is InChI=1S/C19H22N4O3/c24-17-9-7-14(19(26)22-17)21-18(25)12-6-8-16-15(10-12)20-11-23(16)13-4-2-1-3-5-13/h6,8,10-11,13-14H,1-5,7,9H2,(H,21,25)(H,22,24,26). The van der Waals surface area contributed by atoms with Crippen molar-refractivity contribution >= 4 is 28.8 Å². The van der Waals surface area contributed by atoms with Gasteiger partial charge in [0.2, 0.25) is 11.8 Å². The molecule has 2 N–H and O–H groups in total. The van der Waals surface area contributed by atoms with E-state index in [9.17, 15) is 14.4 Å². The maximum atomic E-state index is 12.5. The molecule has 2 aliphatic rings. The van der Waals surface area contributed by atoms with E-state index in [0.717, 1.165) is 11.0 Å². The smallest absolute Gasteiger partial charge is 0.252 e. The lowest BCUT2D eigenvalue weighted by molar-refractivity contribution is -0.134. The molecule has 0 bridgehead atoms. The van der Waals surface area contributed by atoms with Crippen molar-refractivity contribution in [3.8, 4) is 0 Å². The lowest BCUT2D eigenvalue weighted by atomic mass is 9.95. The molecule has 1 saturated carbocycles. The molecule has 1 aliphatic heterocycles. The molecule has 7 nitrogen and oxygen atoms in total. The second kappa shape index (κ2) is 6.90. The van der Waals surface area contributed by atoms with Crippen LogP contribution in [0.15, 0.2) is 24.5 Å². The highest BCUT2D eigenvalue weighted by Gasteiger charge is 2.28. The molecule has 1 aromatic heterocycles. The number of imide groups is 1. The SMILES string of the molecule is O=C1CCC(NC(=O)c2ccc3c(c2)ncn3C2CCCCC2)C(=O)N1. The topological polar surface area (TPSA) is 93.1 Å². The highest BCUT2D eigenvalue weighted by Crippen LogP contribution is 2.30. The fourth-order valence-corrected chi connectivity index (χ4v) is 3.90. The van der Waals surface area contributed by atoms with Gasteiger partial charge in [-0.3, -0.25) is 19.7 Å². The van der Waals surface area contributed by atoms with Crippen LogP contribution < -0.4 is 10.6 Å². The third-order valence-corrected chi connectivity index (χ3v) is 5.35. The van der Waals surface area contributed by atoms with Crippen LogP contribution in [0.4, 0.5) is 0 Å². The van der Waals surface area contributed by atoms with Crippen molar-refractivity contribution in [1.82, 2.24) is 20.2 Å². The number of imidazole rings is 1. The molecule has 1 aromatic carbocycles. The van der Waals surface area contributed by atoms with E-state index in [1.54, 1.807) is 12.1 Å². The van der Waals surface area contributed by atoms with Crippen LogP contribution in [-0.2, 0) is 9.59 Å². The zero-order valence-electron chi connectivity index (χ0n) is 14.5. The van der Waals surface area contributed by atoms with Gasteiger partial charge in [0.25, 0.3) is 5.91 Å².